The number of hydrogen-bond acceptors (Lipinski definition) is 0. The van der Waals surface area contributed by atoms with Gasteiger partial charge in [0.1, 0.15) is 0 Å². The maximum atomic E-state index is 6.52. The van der Waals surface area contributed by atoms with E-state index in [2.05, 4.69) is 6.92 Å². The molecule has 0 atom stereocenters. The third-order valence-electron chi connectivity index (χ3n) is 4.62. The zero-order valence-electron chi connectivity index (χ0n) is 9.45. The van der Waals surface area contributed by atoms with Gasteiger partial charge >= 0.3 is 0 Å². The van der Waals surface area contributed by atoms with Gasteiger partial charge in [-0.1, -0.05) is 26.2 Å². The monoisotopic (exact) mass is 214 g/mol. The van der Waals surface area contributed by atoms with E-state index in [4.69, 9.17) is 11.6 Å². The molecule has 14 heavy (non-hydrogen) atoms. The van der Waals surface area contributed by atoms with Crippen LogP contribution in [-0.4, -0.2) is 4.87 Å². The van der Waals surface area contributed by atoms with Gasteiger partial charge in [-0.15, -0.1) is 11.6 Å². The molecule has 3 fully saturated rings. The summed E-state index contributed by atoms with van der Waals surface area (Å²) in [5.41, 5.74) is 0.728. The summed E-state index contributed by atoms with van der Waals surface area (Å²) in [5, 5.41) is 0. The minimum absolute atomic E-state index is 0.229. The van der Waals surface area contributed by atoms with E-state index in [1.807, 2.05) is 0 Å². The molecule has 0 amide bonds. The van der Waals surface area contributed by atoms with Crippen LogP contribution in [0.15, 0.2) is 0 Å². The Hall–Kier alpha value is 0.290. The van der Waals surface area contributed by atoms with E-state index < -0.39 is 0 Å². The standard InChI is InChI=1S/C13H23Cl/c1-2-3-4-5-12-6-9-13(14,10-7-12)11-8-12/h2-11H2,1H3. The average molecular weight is 215 g/mol. The molecule has 0 radical (unpaired) electrons. The third kappa shape index (κ3) is 2.10. The Bertz CT molecular complexity index is 173. The lowest BCUT2D eigenvalue weighted by atomic mass is 9.58. The fourth-order valence-corrected chi connectivity index (χ4v) is 3.63. The molecule has 3 aliphatic rings. The second-order valence-corrected chi connectivity index (χ2v) is 6.41. The van der Waals surface area contributed by atoms with Gasteiger partial charge in [0.25, 0.3) is 0 Å². The first kappa shape index (κ1) is 10.8. The molecule has 0 aromatic rings. The molecule has 0 aliphatic heterocycles. The van der Waals surface area contributed by atoms with Crippen molar-refractivity contribution < 1.29 is 0 Å². The Kier molecular flexibility index (Phi) is 3.12. The molecule has 1 heteroatoms. The molecular formula is C13H23Cl. The minimum Gasteiger partial charge on any atom is -0.119 e. The van der Waals surface area contributed by atoms with Crippen molar-refractivity contribution in [3.63, 3.8) is 0 Å². The molecule has 0 saturated heterocycles. The highest BCUT2D eigenvalue weighted by Crippen LogP contribution is 2.57. The molecule has 3 aliphatic carbocycles. The minimum atomic E-state index is 0.229. The van der Waals surface area contributed by atoms with Gasteiger partial charge in [0.15, 0.2) is 0 Å². The van der Waals surface area contributed by atoms with Gasteiger partial charge in [0.05, 0.1) is 0 Å². The van der Waals surface area contributed by atoms with Crippen molar-refractivity contribution in [3.8, 4) is 0 Å². The van der Waals surface area contributed by atoms with Gasteiger partial charge in [-0.2, -0.15) is 0 Å². The molecule has 3 rings (SSSR count). The Morgan fingerprint density at radius 2 is 1.50 bits per heavy atom. The summed E-state index contributed by atoms with van der Waals surface area (Å²) in [6.45, 7) is 2.29. The Morgan fingerprint density at radius 1 is 0.929 bits per heavy atom. The number of unbranched alkanes of at least 4 members (excludes halogenated alkanes) is 2. The van der Waals surface area contributed by atoms with Crippen molar-refractivity contribution in [2.75, 3.05) is 0 Å². The van der Waals surface area contributed by atoms with Crippen LogP contribution < -0.4 is 0 Å². The van der Waals surface area contributed by atoms with Gasteiger partial charge in [0, 0.05) is 4.87 Å². The predicted molar refractivity (Wildman–Crippen MR) is 62.9 cm³/mol. The summed E-state index contributed by atoms with van der Waals surface area (Å²) in [7, 11) is 0. The largest absolute Gasteiger partial charge is 0.119 e. The lowest BCUT2D eigenvalue weighted by Gasteiger charge is -2.51. The lowest BCUT2D eigenvalue weighted by Crippen LogP contribution is -2.42. The second-order valence-electron chi connectivity index (χ2n) is 5.61. The summed E-state index contributed by atoms with van der Waals surface area (Å²) in [6.07, 6.45) is 13.8. The molecule has 0 unspecified atom stereocenters. The average Bonchev–Trinajstić information content (AvgIpc) is 2.21. The molecule has 82 valence electrons. The topological polar surface area (TPSA) is 0 Å². The highest BCUT2D eigenvalue weighted by atomic mass is 35.5. The first-order valence-corrected chi connectivity index (χ1v) is 6.75. The molecule has 0 nitrogen and oxygen atoms in total. The number of alkyl halides is 1. The first-order valence-electron chi connectivity index (χ1n) is 6.37. The quantitative estimate of drug-likeness (QED) is 0.461. The number of fused-ring (bicyclic) bond motifs is 3. The SMILES string of the molecule is CCCCCC12CCC(Cl)(CC1)CC2. The van der Waals surface area contributed by atoms with E-state index in [0.717, 1.165) is 5.41 Å². The van der Waals surface area contributed by atoms with E-state index >= 15 is 0 Å². The molecule has 0 N–H and O–H groups in total. The van der Waals surface area contributed by atoms with Gasteiger partial charge in [0.2, 0.25) is 0 Å². The van der Waals surface area contributed by atoms with Crippen LogP contribution in [0.5, 0.6) is 0 Å². The van der Waals surface area contributed by atoms with Crippen molar-refractivity contribution in [1.29, 1.82) is 0 Å². The summed E-state index contributed by atoms with van der Waals surface area (Å²) in [4.78, 5) is 0.229. The zero-order chi connectivity index (χ0) is 10.1. The van der Waals surface area contributed by atoms with E-state index in [9.17, 15) is 0 Å². The van der Waals surface area contributed by atoms with Crippen LogP contribution in [-0.2, 0) is 0 Å². The van der Waals surface area contributed by atoms with E-state index in [0.29, 0.717) is 0 Å². The van der Waals surface area contributed by atoms with Crippen LogP contribution >= 0.6 is 11.6 Å². The summed E-state index contributed by atoms with van der Waals surface area (Å²) < 4.78 is 0. The Labute approximate surface area is 93.4 Å². The van der Waals surface area contributed by atoms with E-state index in [1.165, 1.54) is 64.2 Å². The van der Waals surface area contributed by atoms with Gasteiger partial charge in [-0.3, -0.25) is 0 Å². The molecule has 0 aromatic carbocycles. The fraction of sp³-hybridized carbons (Fsp3) is 1.00. The van der Waals surface area contributed by atoms with Crippen molar-refractivity contribution >= 4 is 11.6 Å². The zero-order valence-corrected chi connectivity index (χ0v) is 10.2. The molecule has 3 saturated carbocycles. The summed E-state index contributed by atoms with van der Waals surface area (Å²) in [6, 6.07) is 0. The molecule has 0 heterocycles. The highest BCUT2D eigenvalue weighted by molar-refractivity contribution is 6.24. The Balaban J connectivity index is 1.85. The molecule has 0 spiro atoms. The third-order valence-corrected chi connectivity index (χ3v) is 5.19. The van der Waals surface area contributed by atoms with Crippen LogP contribution in [0, 0.1) is 5.41 Å². The van der Waals surface area contributed by atoms with Crippen LogP contribution in [0.3, 0.4) is 0 Å². The van der Waals surface area contributed by atoms with Crippen molar-refractivity contribution in [3.05, 3.63) is 0 Å². The number of rotatable bonds is 4. The van der Waals surface area contributed by atoms with Gasteiger partial charge < -0.3 is 0 Å². The lowest BCUT2D eigenvalue weighted by molar-refractivity contribution is 0.0676. The maximum Gasteiger partial charge on any atom is 0.0447 e. The van der Waals surface area contributed by atoms with E-state index in [1.54, 1.807) is 0 Å². The maximum absolute atomic E-state index is 6.52. The number of hydrogen-bond donors (Lipinski definition) is 0. The fourth-order valence-electron chi connectivity index (χ4n) is 3.34. The second kappa shape index (κ2) is 4.04. The van der Waals surface area contributed by atoms with Crippen LogP contribution in [0.2, 0.25) is 0 Å². The normalized spacial score (nSPS) is 41.6. The first-order chi connectivity index (χ1) is 6.68. The highest BCUT2D eigenvalue weighted by Gasteiger charge is 2.46. The van der Waals surface area contributed by atoms with Crippen LogP contribution in [0.4, 0.5) is 0 Å². The van der Waals surface area contributed by atoms with Crippen molar-refractivity contribution in [2.45, 2.75) is 76.0 Å². The van der Waals surface area contributed by atoms with Crippen molar-refractivity contribution in [2.24, 2.45) is 5.41 Å². The molecule has 2 bridgehead atoms. The summed E-state index contributed by atoms with van der Waals surface area (Å²) in [5.74, 6) is 0. The van der Waals surface area contributed by atoms with Gasteiger partial charge in [-0.05, 0) is 50.4 Å². The van der Waals surface area contributed by atoms with Crippen LogP contribution in [0.1, 0.15) is 71.1 Å². The van der Waals surface area contributed by atoms with Crippen molar-refractivity contribution in [1.82, 2.24) is 0 Å². The summed E-state index contributed by atoms with van der Waals surface area (Å²) >= 11 is 6.52. The van der Waals surface area contributed by atoms with Crippen LogP contribution in [0.25, 0.3) is 0 Å². The predicted octanol–water partition coefficient (Wildman–Crippen LogP) is 4.90. The van der Waals surface area contributed by atoms with Gasteiger partial charge in [-0.25, -0.2) is 0 Å². The molecule has 0 aromatic heterocycles. The molecular weight excluding hydrogens is 192 g/mol. The van der Waals surface area contributed by atoms with E-state index in [-0.39, 0.29) is 4.87 Å². The smallest absolute Gasteiger partial charge is 0.0447 e. The Morgan fingerprint density at radius 3 is 2.00 bits per heavy atom. The number of halogens is 1.